The molecule has 1 fully saturated rings. The molecule has 0 aromatic heterocycles. The molecule has 1 heterocycles. The third-order valence-electron chi connectivity index (χ3n) is 3.99. The van der Waals surface area contributed by atoms with Gasteiger partial charge in [0.15, 0.2) is 0 Å². The van der Waals surface area contributed by atoms with Crippen molar-refractivity contribution in [2.45, 2.75) is 37.2 Å². The highest BCUT2D eigenvalue weighted by atomic mass is 19.4. The molecule has 1 aliphatic heterocycles. The van der Waals surface area contributed by atoms with E-state index in [1.807, 2.05) is 0 Å². The Morgan fingerprint density at radius 2 is 1.68 bits per heavy atom. The first-order chi connectivity index (χ1) is 11.6. The Kier molecular flexibility index (Phi) is 5.40. The fourth-order valence-electron chi connectivity index (χ4n) is 2.86. The van der Waals surface area contributed by atoms with Gasteiger partial charge in [0.2, 0.25) is 0 Å². The lowest BCUT2D eigenvalue weighted by Crippen LogP contribution is -2.51. The van der Waals surface area contributed by atoms with Gasteiger partial charge in [-0.3, -0.25) is 4.99 Å². The number of hydrogen-bond acceptors (Lipinski definition) is 3. The lowest BCUT2D eigenvalue weighted by Gasteiger charge is -2.39. The highest BCUT2D eigenvalue weighted by Crippen LogP contribution is 2.39. The van der Waals surface area contributed by atoms with Crippen molar-refractivity contribution in [3.63, 3.8) is 0 Å². The number of piperidine rings is 1. The fraction of sp³-hybridized carbons (Fsp3) is 0.467. The number of nitrogens with zero attached hydrogens (tertiary/aromatic N) is 3. The molecule has 4 nitrogen and oxygen atoms in total. The third-order valence-corrected chi connectivity index (χ3v) is 3.99. The molecule has 0 bridgehead atoms. The highest BCUT2D eigenvalue weighted by Gasteiger charge is 2.49. The van der Waals surface area contributed by atoms with Crippen molar-refractivity contribution in [2.75, 3.05) is 6.67 Å². The first-order valence-electron chi connectivity index (χ1n) is 7.33. The molecule has 1 aromatic carbocycles. The minimum absolute atomic E-state index is 0.0502. The molecule has 0 radical (unpaired) electrons. The summed E-state index contributed by atoms with van der Waals surface area (Å²) in [6.07, 6.45) is -9.25. The molecule has 0 saturated carbocycles. The molecule has 1 aromatic rings. The van der Waals surface area contributed by atoms with E-state index in [0.717, 1.165) is 12.1 Å². The summed E-state index contributed by atoms with van der Waals surface area (Å²) in [5.74, 6) is -0.694. The molecular formula is C15H16F6N4. The smallest absolute Gasteiger partial charge is 0.312 e. The minimum Gasteiger partial charge on any atom is -0.312 e. The SMILES string of the molecule is C=NN1/C(=N\CN)C(c2ccc(C(F)(F)F)cc2)CCC1C(F)(F)F. The van der Waals surface area contributed by atoms with E-state index in [1.54, 1.807) is 0 Å². The molecule has 2 rings (SSSR count). The van der Waals surface area contributed by atoms with Crippen molar-refractivity contribution in [1.29, 1.82) is 0 Å². The summed E-state index contributed by atoms with van der Waals surface area (Å²) in [4.78, 5) is 3.89. The van der Waals surface area contributed by atoms with Crippen LogP contribution in [0.25, 0.3) is 0 Å². The molecular weight excluding hydrogens is 350 g/mol. The normalized spacial score (nSPS) is 23.8. The number of amidine groups is 1. The molecule has 2 atom stereocenters. The molecule has 138 valence electrons. The van der Waals surface area contributed by atoms with E-state index in [9.17, 15) is 26.3 Å². The van der Waals surface area contributed by atoms with Crippen LogP contribution in [0.2, 0.25) is 0 Å². The Labute approximate surface area is 140 Å². The van der Waals surface area contributed by atoms with E-state index in [2.05, 4.69) is 16.8 Å². The van der Waals surface area contributed by atoms with Crippen LogP contribution in [0.5, 0.6) is 0 Å². The van der Waals surface area contributed by atoms with Crippen molar-refractivity contribution in [1.82, 2.24) is 5.01 Å². The largest absolute Gasteiger partial charge is 0.416 e. The van der Waals surface area contributed by atoms with Gasteiger partial charge in [-0.2, -0.15) is 31.4 Å². The molecule has 25 heavy (non-hydrogen) atoms. The highest BCUT2D eigenvalue weighted by molar-refractivity contribution is 5.90. The second-order valence-electron chi connectivity index (χ2n) is 5.49. The van der Waals surface area contributed by atoms with Gasteiger partial charge in [-0.15, -0.1) is 0 Å². The van der Waals surface area contributed by atoms with Gasteiger partial charge in [0.25, 0.3) is 0 Å². The first-order valence-corrected chi connectivity index (χ1v) is 7.33. The number of alkyl halides is 6. The van der Waals surface area contributed by atoms with Crippen molar-refractivity contribution >= 4 is 12.6 Å². The molecule has 2 N–H and O–H groups in total. The predicted octanol–water partition coefficient (Wildman–Crippen LogP) is 3.75. The van der Waals surface area contributed by atoms with Gasteiger partial charge in [0, 0.05) is 12.6 Å². The monoisotopic (exact) mass is 366 g/mol. The number of rotatable bonds is 3. The van der Waals surface area contributed by atoms with Crippen LogP contribution in [0, 0.1) is 0 Å². The van der Waals surface area contributed by atoms with Crippen LogP contribution in [-0.4, -0.2) is 36.4 Å². The summed E-state index contributed by atoms with van der Waals surface area (Å²) in [5, 5.41) is 4.09. The lowest BCUT2D eigenvalue weighted by molar-refractivity contribution is -0.178. The van der Waals surface area contributed by atoms with Gasteiger partial charge in [0.05, 0.1) is 12.2 Å². The van der Waals surface area contributed by atoms with Crippen LogP contribution >= 0.6 is 0 Å². The summed E-state index contributed by atoms with van der Waals surface area (Å²) in [6, 6.07) is 2.35. The van der Waals surface area contributed by atoms with Crippen LogP contribution in [-0.2, 0) is 6.18 Å². The molecule has 0 aliphatic carbocycles. The van der Waals surface area contributed by atoms with Crippen LogP contribution in [0.15, 0.2) is 34.4 Å². The second-order valence-corrected chi connectivity index (χ2v) is 5.49. The molecule has 1 aliphatic rings. The van der Waals surface area contributed by atoms with E-state index in [4.69, 9.17) is 5.73 Å². The summed E-state index contributed by atoms with van der Waals surface area (Å²) < 4.78 is 77.5. The van der Waals surface area contributed by atoms with E-state index >= 15 is 0 Å². The standard InChI is InChI=1S/C15H16F6N4/c1-23-25-12(15(19,20)21)7-6-11(13(25)24-8-22)9-2-4-10(5-3-9)14(16,17)18/h2-5,11-12H,1,6-8,22H2/b24-13-. The van der Waals surface area contributed by atoms with Crippen LogP contribution in [0.1, 0.15) is 29.9 Å². The van der Waals surface area contributed by atoms with Crippen molar-refractivity contribution < 1.29 is 26.3 Å². The topological polar surface area (TPSA) is 54.0 Å². The maximum Gasteiger partial charge on any atom is 0.416 e. The Hall–Kier alpha value is -2.10. The number of hydrogen-bond donors (Lipinski definition) is 1. The van der Waals surface area contributed by atoms with Gasteiger partial charge in [-0.25, -0.2) is 5.01 Å². The second kappa shape index (κ2) is 7.03. The zero-order valence-corrected chi connectivity index (χ0v) is 13.0. The predicted molar refractivity (Wildman–Crippen MR) is 81.1 cm³/mol. The average molecular weight is 366 g/mol. The zero-order chi connectivity index (χ0) is 18.8. The minimum atomic E-state index is -4.54. The number of nitrogens with two attached hydrogens (primary N) is 1. The quantitative estimate of drug-likeness (QED) is 0.654. The van der Waals surface area contributed by atoms with Gasteiger partial charge in [-0.1, -0.05) is 12.1 Å². The summed E-state index contributed by atoms with van der Waals surface area (Å²) >= 11 is 0. The molecule has 10 heteroatoms. The number of hydrazone groups is 1. The lowest BCUT2D eigenvalue weighted by atomic mass is 9.86. The number of benzene rings is 1. The maximum absolute atomic E-state index is 13.2. The van der Waals surface area contributed by atoms with Crippen molar-refractivity contribution in [3.8, 4) is 0 Å². The molecule has 0 amide bonds. The Morgan fingerprint density at radius 1 is 1.08 bits per heavy atom. The maximum atomic E-state index is 13.2. The van der Waals surface area contributed by atoms with Crippen molar-refractivity contribution in [2.24, 2.45) is 15.8 Å². The first kappa shape index (κ1) is 19.2. The van der Waals surface area contributed by atoms with E-state index < -0.39 is 29.9 Å². The van der Waals surface area contributed by atoms with Gasteiger partial charge in [0.1, 0.15) is 11.9 Å². The van der Waals surface area contributed by atoms with E-state index in [1.165, 1.54) is 12.1 Å². The Bertz CT molecular complexity index is 635. The number of halogens is 6. The van der Waals surface area contributed by atoms with Crippen molar-refractivity contribution in [3.05, 3.63) is 35.4 Å². The van der Waals surface area contributed by atoms with E-state index in [0.29, 0.717) is 10.6 Å². The van der Waals surface area contributed by atoms with Crippen LogP contribution < -0.4 is 5.73 Å². The fourth-order valence-corrected chi connectivity index (χ4v) is 2.86. The van der Waals surface area contributed by atoms with Gasteiger partial charge in [-0.05, 0) is 30.5 Å². The molecule has 1 saturated heterocycles. The number of aliphatic imine (C=N–C) groups is 1. The van der Waals surface area contributed by atoms with Crippen LogP contribution in [0.4, 0.5) is 26.3 Å². The Morgan fingerprint density at radius 3 is 2.12 bits per heavy atom. The van der Waals surface area contributed by atoms with Gasteiger partial charge >= 0.3 is 12.4 Å². The third kappa shape index (κ3) is 4.12. The van der Waals surface area contributed by atoms with Crippen LogP contribution in [0.3, 0.4) is 0 Å². The molecule has 0 spiro atoms. The summed E-state index contributed by atoms with van der Waals surface area (Å²) in [5.41, 5.74) is 4.92. The molecule has 2 unspecified atom stereocenters. The van der Waals surface area contributed by atoms with Gasteiger partial charge < -0.3 is 5.73 Å². The van der Waals surface area contributed by atoms with E-state index in [-0.39, 0.29) is 25.3 Å². The summed E-state index contributed by atoms with van der Waals surface area (Å²) in [7, 11) is 0. The Balaban J connectivity index is 2.38. The summed E-state index contributed by atoms with van der Waals surface area (Å²) in [6.45, 7) is 2.89. The average Bonchev–Trinajstić information content (AvgIpc) is 2.53. The zero-order valence-electron chi connectivity index (χ0n) is 13.0.